The van der Waals surface area contributed by atoms with Gasteiger partial charge < -0.3 is 10.6 Å². The fourth-order valence-electron chi connectivity index (χ4n) is 1.71. The molecule has 0 aliphatic carbocycles. The topological polar surface area (TPSA) is 139 Å². The molecule has 3 amide bonds. The summed E-state index contributed by atoms with van der Waals surface area (Å²) in [5.74, 6) is -0.541. The molecule has 0 fully saturated rings. The molecule has 0 aliphatic rings. The molecule has 134 valence electrons. The van der Waals surface area contributed by atoms with Crippen LogP contribution in [0.4, 0.5) is 16.2 Å². The average Bonchev–Trinajstić information content (AvgIpc) is 2.62. The third-order valence-corrected chi connectivity index (χ3v) is 3.24. The number of aromatic nitrogens is 1. The number of nitro benzene ring substituents is 1. The molecule has 0 bridgehead atoms. The lowest BCUT2D eigenvalue weighted by Crippen LogP contribution is -2.37. The van der Waals surface area contributed by atoms with Crippen LogP contribution in [0.5, 0.6) is 0 Å². The molecule has 3 N–H and O–H groups in total. The normalized spacial score (nSPS) is 10.3. The number of nitrogens with zero attached hydrogens (tertiary/aromatic N) is 3. The molecule has 1 aromatic carbocycles. The van der Waals surface area contributed by atoms with Gasteiger partial charge in [0.25, 0.3) is 11.6 Å². The Bertz CT molecular complexity index is 843. The van der Waals surface area contributed by atoms with E-state index in [2.05, 4.69) is 26.1 Å². The first-order valence-corrected chi connectivity index (χ1v) is 7.54. The molecular weight excluding hydrogens is 364 g/mol. The quantitative estimate of drug-likeness (QED) is 0.401. The van der Waals surface area contributed by atoms with Gasteiger partial charge >= 0.3 is 6.03 Å². The van der Waals surface area contributed by atoms with Crippen molar-refractivity contribution in [1.82, 2.24) is 15.7 Å². The second-order valence-electron chi connectivity index (χ2n) is 4.80. The van der Waals surface area contributed by atoms with E-state index in [1.807, 2.05) is 0 Å². The molecule has 0 spiro atoms. The molecule has 10 nitrogen and oxygen atoms in total. The van der Waals surface area contributed by atoms with E-state index < -0.39 is 16.9 Å². The monoisotopic (exact) mass is 376 g/mol. The van der Waals surface area contributed by atoms with Crippen LogP contribution in [0.15, 0.2) is 47.8 Å². The Hall–Kier alpha value is -3.53. The number of hydrogen-bond donors (Lipinski definition) is 3. The van der Waals surface area contributed by atoms with Crippen LogP contribution in [0, 0.1) is 10.1 Å². The zero-order valence-corrected chi connectivity index (χ0v) is 13.9. The Labute approximate surface area is 152 Å². The van der Waals surface area contributed by atoms with Crippen molar-refractivity contribution in [1.29, 1.82) is 0 Å². The maximum atomic E-state index is 11.7. The van der Waals surface area contributed by atoms with Crippen LogP contribution in [0.2, 0.25) is 5.02 Å². The highest BCUT2D eigenvalue weighted by atomic mass is 35.5. The van der Waals surface area contributed by atoms with Gasteiger partial charge in [0.1, 0.15) is 6.54 Å². The number of nitro groups is 1. The molecule has 0 saturated carbocycles. The number of hydrogen-bond acceptors (Lipinski definition) is 6. The highest BCUT2D eigenvalue weighted by Crippen LogP contribution is 2.26. The number of urea groups is 1. The number of hydrazone groups is 1. The summed E-state index contributed by atoms with van der Waals surface area (Å²) in [6.07, 6.45) is 4.59. The van der Waals surface area contributed by atoms with Crippen LogP contribution in [0.3, 0.4) is 0 Å². The highest BCUT2D eigenvalue weighted by molar-refractivity contribution is 6.33. The van der Waals surface area contributed by atoms with Crippen molar-refractivity contribution in [2.45, 2.75) is 0 Å². The lowest BCUT2D eigenvalue weighted by atomic mass is 10.3. The molecule has 0 radical (unpaired) electrons. The summed E-state index contributed by atoms with van der Waals surface area (Å²) in [7, 11) is 0. The van der Waals surface area contributed by atoms with Gasteiger partial charge in [0.05, 0.1) is 21.8 Å². The van der Waals surface area contributed by atoms with Gasteiger partial charge in [-0.1, -0.05) is 11.6 Å². The SMILES string of the molecule is O=C(CNC(=O)Nc1ccc([N+](=O)[O-])cc1Cl)N/N=C\c1ccncc1. The number of carbonyl (C=O) groups excluding carboxylic acids is 2. The molecule has 2 aromatic rings. The van der Waals surface area contributed by atoms with Crippen molar-refractivity contribution in [2.24, 2.45) is 5.10 Å². The first-order valence-electron chi connectivity index (χ1n) is 7.16. The van der Waals surface area contributed by atoms with Crippen LogP contribution in [0.25, 0.3) is 0 Å². The van der Waals surface area contributed by atoms with E-state index in [1.54, 1.807) is 24.5 Å². The van der Waals surface area contributed by atoms with Crippen molar-refractivity contribution in [3.63, 3.8) is 0 Å². The van der Waals surface area contributed by atoms with Crippen LogP contribution >= 0.6 is 11.6 Å². The number of amides is 3. The average molecular weight is 377 g/mol. The Kier molecular flexibility index (Phi) is 6.57. The molecule has 0 aliphatic heterocycles. The number of anilines is 1. The zero-order chi connectivity index (χ0) is 18.9. The van der Waals surface area contributed by atoms with Crippen LogP contribution in [-0.2, 0) is 4.79 Å². The van der Waals surface area contributed by atoms with Crippen molar-refractivity contribution in [3.8, 4) is 0 Å². The third kappa shape index (κ3) is 5.83. The van der Waals surface area contributed by atoms with Crippen molar-refractivity contribution >= 4 is 41.1 Å². The van der Waals surface area contributed by atoms with Gasteiger partial charge in [-0.15, -0.1) is 0 Å². The van der Waals surface area contributed by atoms with Gasteiger partial charge in [0.2, 0.25) is 0 Å². The standard InChI is InChI=1S/C15H13ClN6O4/c16-12-7-11(22(25)26)1-2-13(12)20-15(24)18-9-14(23)21-19-8-10-3-5-17-6-4-10/h1-8H,9H2,(H,21,23)(H2,18,20,24)/b19-8-. The zero-order valence-electron chi connectivity index (χ0n) is 13.2. The largest absolute Gasteiger partial charge is 0.329 e. The lowest BCUT2D eigenvalue weighted by molar-refractivity contribution is -0.384. The summed E-state index contributed by atoms with van der Waals surface area (Å²) in [5.41, 5.74) is 2.97. The van der Waals surface area contributed by atoms with Gasteiger partial charge in [0.15, 0.2) is 0 Å². The molecule has 11 heteroatoms. The van der Waals surface area contributed by atoms with Gasteiger partial charge in [-0.25, -0.2) is 10.2 Å². The molecule has 0 saturated heterocycles. The number of benzene rings is 1. The third-order valence-electron chi connectivity index (χ3n) is 2.93. The van der Waals surface area contributed by atoms with Crippen molar-refractivity contribution in [2.75, 3.05) is 11.9 Å². The van der Waals surface area contributed by atoms with E-state index in [1.165, 1.54) is 18.3 Å². The number of rotatable bonds is 6. The maximum absolute atomic E-state index is 11.7. The lowest BCUT2D eigenvalue weighted by Gasteiger charge is -2.08. The van der Waals surface area contributed by atoms with Gasteiger partial charge in [0, 0.05) is 24.5 Å². The first kappa shape index (κ1) is 18.8. The van der Waals surface area contributed by atoms with E-state index in [0.29, 0.717) is 0 Å². The molecular formula is C15H13ClN6O4. The highest BCUT2D eigenvalue weighted by Gasteiger charge is 2.12. The molecule has 2 rings (SSSR count). The number of non-ortho nitro benzene ring substituents is 1. The fraction of sp³-hybridized carbons (Fsp3) is 0.0667. The number of carbonyl (C=O) groups is 2. The van der Waals surface area contributed by atoms with E-state index in [-0.39, 0.29) is 22.9 Å². The second kappa shape index (κ2) is 9.08. The summed E-state index contributed by atoms with van der Waals surface area (Å²) < 4.78 is 0. The van der Waals surface area contributed by atoms with Crippen molar-refractivity contribution in [3.05, 3.63) is 63.4 Å². The minimum absolute atomic E-state index is 0.000697. The van der Waals surface area contributed by atoms with E-state index >= 15 is 0 Å². The van der Waals surface area contributed by atoms with E-state index in [4.69, 9.17) is 11.6 Å². The minimum Gasteiger partial charge on any atom is -0.329 e. The fourth-order valence-corrected chi connectivity index (χ4v) is 1.94. The number of halogens is 1. The summed E-state index contributed by atoms with van der Waals surface area (Å²) in [4.78, 5) is 37.2. The minimum atomic E-state index is -0.700. The number of nitrogens with one attached hydrogen (secondary N) is 3. The van der Waals surface area contributed by atoms with Crippen LogP contribution < -0.4 is 16.1 Å². The summed E-state index contributed by atoms with van der Waals surface area (Å²) in [6, 6.07) is 6.30. The molecule has 0 atom stereocenters. The van der Waals surface area contributed by atoms with Gasteiger partial charge in [-0.05, 0) is 23.8 Å². The summed E-state index contributed by atoms with van der Waals surface area (Å²) in [6.45, 7) is -0.329. The Morgan fingerprint density at radius 2 is 2.00 bits per heavy atom. The predicted octanol–water partition coefficient (Wildman–Crippen LogP) is 1.91. The molecule has 26 heavy (non-hydrogen) atoms. The van der Waals surface area contributed by atoms with E-state index in [0.717, 1.165) is 11.6 Å². The summed E-state index contributed by atoms with van der Waals surface area (Å²) >= 11 is 5.86. The molecule has 0 unspecified atom stereocenters. The maximum Gasteiger partial charge on any atom is 0.319 e. The van der Waals surface area contributed by atoms with Gasteiger partial charge in [-0.3, -0.25) is 19.9 Å². The smallest absolute Gasteiger partial charge is 0.319 e. The number of pyridine rings is 1. The Morgan fingerprint density at radius 1 is 1.27 bits per heavy atom. The molecule has 1 aromatic heterocycles. The van der Waals surface area contributed by atoms with Crippen LogP contribution in [-0.4, -0.2) is 34.6 Å². The van der Waals surface area contributed by atoms with Crippen LogP contribution in [0.1, 0.15) is 5.56 Å². The Balaban J connectivity index is 1.78. The van der Waals surface area contributed by atoms with Gasteiger partial charge in [-0.2, -0.15) is 5.10 Å². The Morgan fingerprint density at radius 3 is 2.65 bits per heavy atom. The molecule has 1 heterocycles. The predicted molar refractivity (Wildman–Crippen MR) is 95.1 cm³/mol. The second-order valence-corrected chi connectivity index (χ2v) is 5.21. The first-order chi connectivity index (χ1) is 12.5. The van der Waals surface area contributed by atoms with Crippen molar-refractivity contribution < 1.29 is 14.5 Å². The van der Waals surface area contributed by atoms with E-state index in [9.17, 15) is 19.7 Å². The summed E-state index contributed by atoms with van der Waals surface area (Å²) in [5, 5.41) is 19.1.